The quantitative estimate of drug-likeness (QED) is 0.540. The zero-order valence-corrected chi connectivity index (χ0v) is 13.9. The smallest absolute Gasteiger partial charge is 0.154 e. The normalized spacial score (nSPS) is 11.0. The van der Waals surface area contributed by atoms with Gasteiger partial charge < -0.3 is 4.90 Å². The van der Waals surface area contributed by atoms with Crippen molar-refractivity contribution in [3.8, 4) is 16.4 Å². The van der Waals surface area contributed by atoms with Gasteiger partial charge in [0.25, 0.3) is 0 Å². The van der Waals surface area contributed by atoms with Gasteiger partial charge in [-0.05, 0) is 41.8 Å². The van der Waals surface area contributed by atoms with E-state index in [9.17, 15) is 0 Å². The van der Waals surface area contributed by atoms with Gasteiger partial charge >= 0.3 is 0 Å². The van der Waals surface area contributed by atoms with Gasteiger partial charge in [0.1, 0.15) is 0 Å². The molecule has 0 unspecified atom stereocenters. The van der Waals surface area contributed by atoms with Crippen LogP contribution < -0.4 is 4.90 Å². The Bertz CT molecular complexity index is 915. The molecule has 0 amide bonds. The van der Waals surface area contributed by atoms with Crippen molar-refractivity contribution in [3.05, 3.63) is 67.0 Å². The van der Waals surface area contributed by atoms with Crippen molar-refractivity contribution in [2.75, 3.05) is 19.0 Å². The lowest BCUT2D eigenvalue weighted by Crippen LogP contribution is -2.08. The van der Waals surface area contributed by atoms with Crippen LogP contribution in [0.5, 0.6) is 0 Å². The van der Waals surface area contributed by atoms with Gasteiger partial charge in [0.15, 0.2) is 5.82 Å². The summed E-state index contributed by atoms with van der Waals surface area (Å²) in [5, 5.41) is 1.27. The van der Waals surface area contributed by atoms with Gasteiger partial charge in [-0.3, -0.25) is 4.57 Å². The number of benzene rings is 2. The van der Waals surface area contributed by atoms with Crippen LogP contribution in [0.2, 0.25) is 0 Å². The molecule has 0 atom stereocenters. The molecule has 0 bridgehead atoms. The highest BCUT2D eigenvalue weighted by molar-refractivity contribution is 7.22. The monoisotopic (exact) mass is 319 g/mol. The Labute approximate surface area is 139 Å². The van der Waals surface area contributed by atoms with Crippen molar-refractivity contribution < 1.29 is 0 Å². The van der Waals surface area contributed by atoms with Crippen molar-refractivity contribution in [3.63, 3.8) is 0 Å². The second-order valence-corrected chi connectivity index (χ2v) is 6.76. The van der Waals surface area contributed by atoms with Crippen LogP contribution in [0.4, 0.5) is 5.69 Å². The van der Waals surface area contributed by atoms with Gasteiger partial charge in [-0.2, -0.15) is 0 Å². The summed E-state index contributed by atoms with van der Waals surface area (Å²) >= 11 is 1.78. The zero-order chi connectivity index (χ0) is 15.8. The number of fused-ring (bicyclic) bond motifs is 1. The summed E-state index contributed by atoms with van der Waals surface area (Å²) < 4.78 is 3.43. The van der Waals surface area contributed by atoms with E-state index in [1.807, 2.05) is 12.4 Å². The first kappa shape index (κ1) is 14.0. The second-order valence-electron chi connectivity index (χ2n) is 5.68. The van der Waals surface area contributed by atoms with E-state index in [1.54, 1.807) is 11.3 Å². The number of hydrogen-bond acceptors (Lipinski definition) is 3. The Morgan fingerprint density at radius 1 is 1.00 bits per heavy atom. The predicted octanol–water partition coefficient (Wildman–Crippen LogP) is 4.82. The molecule has 0 spiro atoms. The summed E-state index contributed by atoms with van der Waals surface area (Å²) in [6.45, 7) is 0. The second kappa shape index (κ2) is 5.56. The molecule has 0 aliphatic carbocycles. The average molecular weight is 319 g/mol. The zero-order valence-electron chi connectivity index (χ0n) is 13.1. The molecule has 0 saturated heterocycles. The Morgan fingerprint density at radius 3 is 2.52 bits per heavy atom. The summed E-state index contributed by atoms with van der Waals surface area (Å²) in [5.41, 5.74) is 2.32. The number of imidazole rings is 1. The minimum atomic E-state index is 0.990. The minimum absolute atomic E-state index is 0.990. The highest BCUT2D eigenvalue weighted by Crippen LogP contribution is 2.33. The first-order valence-corrected chi connectivity index (χ1v) is 8.34. The maximum Gasteiger partial charge on any atom is 0.154 e. The van der Waals surface area contributed by atoms with E-state index in [2.05, 4.69) is 83.1 Å². The Kier molecular flexibility index (Phi) is 3.39. The third kappa shape index (κ3) is 2.51. The molecule has 0 aliphatic heterocycles. The molecule has 4 aromatic rings. The van der Waals surface area contributed by atoms with Gasteiger partial charge in [-0.15, -0.1) is 11.3 Å². The topological polar surface area (TPSA) is 21.1 Å². The predicted molar refractivity (Wildman–Crippen MR) is 98.7 cm³/mol. The molecule has 2 heterocycles. The molecular formula is C19H17N3S. The maximum absolute atomic E-state index is 4.58. The van der Waals surface area contributed by atoms with Gasteiger partial charge in [0, 0.05) is 42.6 Å². The number of thiophene rings is 1. The van der Waals surface area contributed by atoms with Crippen LogP contribution in [0.3, 0.4) is 0 Å². The summed E-state index contributed by atoms with van der Waals surface area (Å²) in [5.74, 6) is 0.990. The van der Waals surface area contributed by atoms with Crippen LogP contribution in [-0.2, 0) is 0 Å². The fourth-order valence-electron chi connectivity index (χ4n) is 2.70. The fraction of sp³-hybridized carbons (Fsp3) is 0.105. The molecule has 0 fully saturated rings. The lowest BCUT2D eigenvalue weighted by Gasteiger charge is -2.13. The molecule has 3 nitrogen and oxygen atoms in total. The van der Waals surface area contributed by atoms with E-state index in [-0.39, 0.29) is 0 Å². The standard InChI is InChI=1S/C19H17N3S/c1-21(2)15-7-9-16(10-8-15)22-12-11-20-19(22)18-13-14-5-3-4-6-17(14)23-18/h3-13H,1-2H3. The van der Waals surface area contributed by atoms with Crippen molar-refractivity contribution in [2.24, 2.45) is 0 Å². The average Bonchev–Trinajstić information content (AvgIpc) is 3.21. The van der Waals surface area contributed by atoms with E-state index in [0.29, 0.717) is 0 Å². The van der Waals surface area contributed by atoms with Crippen LogP contribution in [0.25, 0.3) is 26.5 Å². The van der Waals surface area contributed by atoms with Crippen molar-refractivity contribution in [2.45, 2.75) is 0 Å². The number of anilines is 1. The minimum Gasteiger partial charge on any atom is -0.378 e. The van der Waals surface area contributed by atoms with E-state index in [1.165, 1.54) is 20.7 Å². The van der Waals surface area contributed by atoms with E-state index < -0.39 is 0 Å². The van der Waals surface area contributed by atoms with Crippen LogP contribution >= 0.6 is 11.3 Å². The summed E-state index contributed by atoms with van der Waals surface area (Å²) in [4.78, 5) is 7.87. The fourth-order valence-corrected chi connectivity index (χ4v) is 3.75. The van der Waals surface area contributed by atoms with E-state index in [0.717, 1.165) is 11.5 Å². The number of nitrogens with zero attached hydrogens (tertiary/aromatic N) is 3. The molecule has 0 radical (unpaired) electrons. The van der Waals surface area contributed by atoms with Gasteiger partial charge in [-0.1, -0.05) is 18.2 Å². The van der Waals surface area contributed by atoms with Gasteiger partial charge in [0.05, 0.1) is 4.88 Å². The van der Waals surface area contributed by atoms with Crippen LogP contribution in [0.15, 0.2) is 67.0 Å². The van der Waals surface area contributed by atoms with Crippen molar-refractivity contribution in [1.29, 1.82) is 0 Å². The van der Waals surface area contributed by atoms with Crippen LogP contribution in [-0.4, -0.2) is 23.6 Å². The first-order chi connectivity index (χ1) is 11.2. The third-order valence-corrected chi connectivity index (χ3v) is 5.04. The molecule has 23 heavy (non-hydrogen) atoms. The number of hydrogen-bond donors (Lipinski definition) is 0. The van der Waals surface area contributed by atoms with Crippen LogP contribution in [0, 0.1) is 0 Å². The number of aromatic nitrogens is 2. The maximum atomic E-state index is 4.58. The number of rotatable bonds is 3. The Morgan fingerprint density at radius 2 is 1.78 bits per heavy atom. The lowest BCUT2D eigenvalue weighted by molar-refractivity contribution is 1.07. The molecule has 2 aromatic heterocycles. The summed E-state index contributed by atoms with van der Waals surface area (Å²) in [6, 6.07) is 19.2. The van der Waals surface area contributed by atoms with Gasteiger partial charge in [0.2, 0.25) is 0 Å². The molecular weight excluding hydrogens is 302 g/mol. The molecule has 2 aromatic carbocycles. The van der Waals surface area contributed by atoms with Crippen LogP contribution in [0.1, 0.15) is 0 Å². The third-order valence-electron chi connectivity index (χ3n) is 3.93. The van der Waals surface area contributed by atoms with E-state index >= 15 is 0 Å². The molecule has 4 rings (SSSR count). The largest absolute Gasteiger partial charge is 0.378 e. The summed E-state index contributed by atoms with van der Waals surface area (Å²) in [7, 11) is 4.10. The van der Waals surface area contributed by atoms with Gasteiger partial charge in [-0.25, -0.2) is 4.98 Å². The summed E-state index contributed by atoms with van der Waals surface area (Å²) in [6.07, 6.45) is 3.88. The Hall–Kier alpha value is -2.59. The molecule has 0 aliphatic rings. The molecule has 4 heteroatoms. The van der Waals surface area contributed by atoms with Crippen molar-refractivity contribution in [1.82, 2.24) is 9.55 Å². The lowest BCUT2D eigenvalue weighted by atomic mass is 10.2. The first-order valence-electron chi connectivity index (χ1n) is 7.52. The molecule has 0 saturated carbocycles. The van der Waals surface area contributed by atoms with E-state index in [4.69, 9.17) is 0 Å². The molecule has 114 valence electrons. The highest BCUT2D eigenvalue weighted by atomic mass is 32.1. The highest BCUT2D eigenvalue weighted by Gasteiger charge is 2.11. The molecule has 0 N–H and O–H groups in total. The Balaban J connectivity index is 1.78. The SMILES string of the molecule is CN(C)c1ccc(-n2ccnc2-c2cc3ccccc3s2)cc1. The van der Waals surface area contributed by atoms with Crippen molar-refractivity contribution >= 4 is 27.1 Å².